The summed E-state index contributed by atoms with van der Waals surface area (Å²) in [5, 5.41) is 19.4. The Labute approximate surface area is 124 Å². The summed E-state index contributed by atoms with van der Waals surface area (Å²) in [6, 6.07) is 2.01. The first-order valence-corrected chi connectivity index (χ1v) is 6.18. The van der Waals surface area contributed by atoms with Crippen molar-refractivity contribution in [3.05, 3.63) is 38.8 Å². The number of rotatable bonds is 8. The Morgan fingerprint density at radius 2 is 2.14 bits per heavy atom. The Morgan fingerprint density at radius 1 is 1.45 bits per heavy atom. The number of carbonyl (C=O) groups excluding carboxylic acids is 1. The zero-order valence-electron chi connectivity index (χ0n) is 11.8. The van der Waals surface area contributed by atoms with Gasteiger partial charge in [0, 0.05) is 25.8 Å². The number of nitrogens with zero attached hydrogens (tertiary/aromatic N) is 3. The Hall–Kier alpha value is -2.75. The third-order valence-electron chi connectivity index (χ3n) is 2.73. The number of hydrogen-bond donors (Lipinski definition) is 1. The lowest BCUT2D eigenvalue weighted by atomic mass is 10.3. The van der Waals surface area contributed by atoms with Crippen LogP contribution in [0.3, 0.4) is 0 Å². The van der Waals surface area contributed by atoms with Gasteiger partial charge in [0.25, 0.3) is 11.2 Å². The lowest BCUT2D eigenvalue weighted by Crippen LogP contribution is -2.41. The largest absolute Gasteiger partial charge is 0.480 e. The molecule has 120 valence electrons. The molecular weight excluding hydrogens is 298 g/mol. The Balaban J connectivity index is 2.92. The van der Waals surface area contributed by atoms with Crippen molar-refractivity contribution < 1.29 is 24.4 Å². The molecule has 0 aliphatic heterocycles. The van der Waals surface area contributed by atoms with Crippen molar-refractivity contribution in [1.82, 2.24) is 9.47 Å². The third-order valence-corrected chi connectivity index (χ3v) is 2.73. The van der Waals surface area contributed by atoms with Crippen LogP contribution in [0.1, 0.15) is 0 Å². The molecule has 10 heteroatoms. The number of aromatic nitrogens is 1. The standard InChI is InChI=1S/C12H15N3O7/c1-22-5-4-13(8-12(18)19)11(17)7-14-6-9(15(20)21)2-3-10(14)16/h2-3,6H,4-5,7-8H2,1H3,(H,18,19). The van der Waals surface area contributed by atoms with Gasteiger partial charge in [-0.25, -0.2) is 0 Å². The molecule has 1 N–H and O–H groups in total. The lowest BCUT2D eigenvalue weighted by molar-refractivity contribution is -0.385. The second kappa shape index (κ2) is 7.88. The highest BCUT2D eigenvalue weighted by Gasteiger charge is 2.18. The van der Waals surface area contributed by atoms with E-state index in [4.69, 9.17) is 9.84 Å². The molecule has 1 aromatic heterocycles. The molecular formula is C12H15N3O7. The quantitative estimate of drug-likeness (QED) is 0.496. The monoisotopic (exact) mass is 313 g/mol. The molecule has 1 heterocycles. The van der Waals surface area contributed by atoms with Crippen molar-refractivity contribution in [2.75, 3.05) is 26.8 Å². The summed E-state index contributed by atoms with van der Waals surface area (Å²) in [6.07, 6.45) is 0.940. The molecule has 0 saturated carbocycles. The van der Waals surface area contributed by atoms with Gasteiger partial charge in [0.1, 0.15) is 13.1 Å². The summed E-state index contributed by atoms with van der Waals surface area (Å²) in [5.41, 5.74) is -0.935. The second-order valence-corrected chi connectivity index (χ2v) is 4.31. The van der Waals surface area contributed by atoms with Crippen LogP contribution in [-0.4, -0.2) is 58.2 Å². The first kappa shape index (κ1) is 17.3. The van der Waals surface area contributed by atoms with E-state index in [-0.39, 0.29) is 18.8 Å². The maximum Gasteiger partial charge on any atom is 0.323 e. The summed E-state index contributed by atoms with van der Waals surface area (Å²) < 4.78 is 5.65. The minimum Gasteiger partial charge on any atom is -0.480 e. The molecule has 0 bridgehead atoms. The van der Waals surface area contributed by atoms with E-state index in [1.807, 2.05) is 0 Å². The van der Waals surface area contributed by atoms with Gasteiger partial charge >= 0.3 is 5.97 Å². The van der Waals surface area contributed by atoms with Crippen molar-refractivity contribution in [2.45, 2.75) is 6.54 Å². The zero-order chi connectivity index (χ0) is 16.7. The molecule has 0 spiro atoms. The van der Waals surface area contributed by atoms with E-state index in [1.54, 1.807) is 0 Å². The average Bonchev–Trinajstić information content (AvgIpc) is 2.45. The Morgan fingerprint density at radius 3 is 2.68 bits per heavy atom. The average molecular weight is 313 g/mol. The predicted molar refractivity (Wildman–Crippen MR) is 73.4 cm³/mol. The van der Waals surface area contributed by atoms with E-state index in [2.05, 4.69) is 0 Å². The molecule has 0 fully saturated rings. The van der Waals surface area contributed by atoms with Gasteiger partial charge in [0.15, 0.2) is 0 Å². The van der Waals surface area contributed by atoms with Gasteiger partial charge in [-0.15, -0.1) is 0 Å². The molecule has 0 unspecified atom stereocenters. The third kappa shape index (κ3) is 4.98. The number of ether oxygens (including phenoxy) is 1. The molecule has 10 nitrogen and oxygen atoms in total. The second-order valence-electron chi connectivity index (χ2n) is 4.31. The summed E-state index contributed by atoms with van der Waals surface area (Å²) in [4.78, 5) is 45.4. The summed E-state index contributed by atoms with van der Waals surface area (Å²) in [6.45, 7) is -0.877. The maximum atomic E-state index is 12.1. The van der Waals surface area contributed by atoms with Crippen molar-refractivity contribution in [3.8, 4) is 0 Å². The number of carboxylic acid groups (broad SMARTS) is 1. The first-order chi connectivity index (χ1) is 10.3. The molecule has 0 atom stereocenters. The van der Waals surface area contributed by atoms with Gasteiger partial charge in [-0.05, 0) is 0 Å². The molecule has 0 aliphatic carbocycles. The van der Waals surface area contributed by atoms with Gasteiger partial charge in [-0.2, -0.15) is 0 Å². The zero-order valence-corrected chi connectivity index (χ0v) is 11.8. The minimum absolute atomic E-state index is 0.0330. The summed E-state index contributed by atoms with van der Waals surface area (Å²) >= 11 is 0. The smallest absolute Gasteiger partial charge is 0.323 e. The van der Waals surface area contributed by atoms with Crippen LogP contribution in [-0.2, 0) is 20.9 Å². The van der Waals surface area contributed by atoms with Crippen LogP contribution in [0.15, 0.2) is 23.1 Å². The Kier molecular flexibility index (Phi) is 6.20. The van der Waals surface area contributed by atoms with Crippen LogP contribution in [0.25, 0.3) is 0 Å². The highest BCUT2D eigenvalue weighted by atomic mass is 16.6. The molecule has 0 saturated heterocycles. The highest BCUT2D eigenvalue weighted by molar-refractivity contribution is 5.81. The first-order valence-electron chi connectivity index (χ1n) is 6.18. The van der Waals surface area contributed by atoms with Crippen LogP contribution in [0.5, 0.6) is 0 Å². The van der Waals surface area contributed by atoms with E-state index in [9.17, 15) is 24.5 Å². The van der Waals surface area contributed by atoms with Crippen LogP contribution >= 0.6 is 0 Å². The summed E-state index contributed by atoms with van der Waals surface area (Å²) in [7, 11) is 1.40. The van der Waals surface area contributed by atoms with Gasteiger partial charge in [0.2, 0.25) is 5.91 Å². The summed E-state index contributed by atoms with van der Waals surface area (Å²) in [5.74, 6) is -1.86. The van der Waals surface area contributed by atoms with E-state index >= 15 is 0 Å². The number of pyridine rings is 1. The number of amides is 1. The van der Waals surface area contributed by atoms with Crippen LogP contribution in [0.4, 0.5) is 5.69 Å². The van der Waals surface area contributed by atoms with Crippen LogP contribution in [0.2, 0.25) is 0 Å². The minimum atomic E-state index is -1.21. The number of methoxy groups -OCH3 is 1. The van der Waals surface area contributed by atoms with E-state index in [0.29, 0.717) is 0 Å². The molecule has 0 aromatic carbocycles. The normalized spacial score (nSPS) is 10.2. The molecule has 0 radical (unpaired) electrons. The molecule has 1 aromatic rings. The van der Waals surface area contributed by atoms with E-state index in [0.717, 1.165) is 27.8 Å². The number of nitro groups is 1. The topological polar surface area (TPSA) is 132 Å². The van der Waals surface area contributed by atoms with Gasteiger partial charge < -0.3 is 14.7 Å². The van der Waals surface area contributed by atoms with E-state index < -0.39 is 35.4 Å². The number of carboxylic acids is 1. The van der Waals surface area contributed by atoms with Gasteiger partial charge in [-0.3, -0.25) is 29.1 Å². The number of carbonyl (C=O) groups is 2. The Bertz CT molecular complexity index is 625. The van der Waals surface area contributed by atoms with Crippen molar-refractivity contribution in [2.24, 2.45) is 0 Å². The number of hydrogen-bond acceptors (Lipinski definition) is 6. The predicted octanol–water partition coefficient (Wildman–Crippen LogP) is -0.684. The molecule has 1 rings (SSSR count). The highest BCUT2D eigenvalue weighted by Crippen LogP contribution is 2.06. The fraction of sp³-hybridized carbons (Fsp3) is 0.417. The number of aliphatic carboxylic acids is 1. The van der Waals surface area contributed by atoms with Crippen molar-refractivity contribution in [3.63, 3.8) is 0 Å². The lowest BCUT2D eigenvalue weighted by Gasteiger charge is -2.20. The van der Waals surface area contributed by atoms with Gasteiger partial charge in [0.05, 0.1) is 17.7 Å². The van der Waals surface area contributed by atoms with Gasteiger partial charge in [-0.1, -0.05) is 0 Å². The molecule has 1 amide bonds. The van der Waals surface area contributed by atoms with Crippen LogP contribution in [0, 0.1) is 10.1 Å². The molecule has 22 heavy (non-hydrogen) atoms. The molecule has 0 aliphatic rings. The SMILES string of the molecule is COCCN(CC(=O)O)C(=O)Cn1cc([N+](=O)[O-])ccc1=O. The van der Waals surface area contributed by atoms with Crippen LogP contribution < -0.4 is 5.56 Å². The fourth-order valence-electron chi connectivity index (χ4n) is 1.65. The van der Waals surface area contributed by atoms with Crippen molar-refractivity contribution >= 4 is 17.6 Å². The van der Waals surface area contributed by atoms with E-state index in [1.165, 1.54) is 7.11 Å². The van der Waals surface area contributed by atoms with Crippen molar-refractivity contribution in [1.29, 1.82) is 0 Å². The fourth-order valence-corrected chi connectivity index (χ4v) is 1.65. The maximum absolute atomic E-state index is 12.1.